The number of hydrogen-bond donors (Lipinski definition) is 1. The topological polar surface area (TPSA) is 84.6 Å². The van der Waals surface area contributed by atoms with Gasteiger partial charge in [-0.25, -0.2) is 4.99 Å². The highest BCUT2D eigenvalue weighted by molar-refractivity contribution is 7.98. The van der Waals surface area contributed by atoms with Crippen molar-refractivity contribution in [1.29, 1.82) is 0 Å². The summed E-state index contributed by atoms with van der Waals surface area (Å²) in [4.78, 5) is 18.9. The van der Waals surface area contributed by atoms with Crippen molar-refractivity contribution in [3.63, 3.8) is 0 Å². The predicted octanol–water partition coefficient (Wildman–Crippen LogP) is 1.06. The summed E-state index contributed by atoms with van der Waals surface area (Å²) in [5.41, 5.74) is 0. The number of ether oxygens (including phenoxy) is 1. The third-order valence-corrected chi connectivity index (χ3v) is 5.47. The van der Waals surface area contributed by atoms with Crippen molar-refractivity contribution in [2.45, 2.75) is 26.8 Å². The Morgan fingerprint density at radius 1 is 1.42 bits per heavy atom. The van der Waals surface area contributed by atoms with Crippen molar-refractivity contribution in [3.8, 4) is 0 Å². The normalized spacial score (nSPS) is 20.5. The average molecular weight is 383 g/mol. The van der Waals surface area contributed by atoms with Gasteiger partial charge in [0.25, 0.3) is 0 Å². The van der Waals surface area contributed by atoms with Gasteiger partial charge in [0.2, 0.25) is 0 Å². The number of nitrogens with zero attached hydrogens (tertiary/aromatic N) is 5. The number of rotatable bonds is 7. The molecule has 2 unspecified atom stereocenters. The molecule has 0 radical (unpaired) electrons. The van der Waals surface area contributed by atoms with Crippen LogP contribution in [-0.4, -0.2) is 70.3 Å². The van der Waals surface area contributed by atoms with E-state index in [1.807, 2.05) is 30.3 Å². The minimum absolute atomic E-state index is 0.115. The minimum Gasteiger partial charge on any atom is -0.469 e. The number of aromatic nitrogens is 3. The number of aryl methyl sites for hydroxylation is 1. The van der Waals surface area contributed by atoms with E-state index in [9.17, 15) is 4.79 Å². The van der Waals surface area contributed by atoms with Gasteiger partial charge in [0.1, 0.15) is 12.4 Å². The summed E-state index contributed by atoms with van der Waals surface area (Å²) in [7, 11) is 3.39. The largest absolute Gasteiger partial charge is 0.469 e. The number of carbonyl (C=O) groups is 1. The first-order valence-corrected chi connectivity index (χ1v) is 10.3. The van der Waals surface area contributed by atoms with Crippen LogP contribution in [-0.2, 0) is 23.1 Å². The molecule has 0 saturated carbocycles. The van der Waals surface area contributed by atoms with Crippen LogP contribution in [0.4, 0.5) is 0 Å². The van der Waals surface area contributed by atoms with E-state index in [0.717, 1.165) is 42.9 Å². The van der Waals surface area contributed by atoms with Crippen molar-refractivity contribution in [1.82, 2.24) is 25.0 Å². The Morgan fingerprint density at radius 3 is 2.81 bits per heavy atom. The van der Waals surface area contributed by atoms with Gasteiger partial charge in [-0.2, -0.15) is 11.8 Å². The molecule has 9 heteroatoms. The SMILES string of the molecule is COC(=O)C1CN(C(=NCc2nnc(C)n2C)NCCCSC)CC1C. The molecular weight excluding hydrogens is 352 g/mol. The summed E-state index contributed by atoms with van der Waals surface area (Å²) in [5, 5.41) is 11.7. The molecule has 0 amide bonds. The molecule has 1 N–H and O–H groups in total. The second-order valence-corrected chi connectivity index (χ2v) is 7.63. The zero-order chi connectivity index (χ0) is 19.1. The fourth-order valence-corrected chi connectivity index (χ4v) is 3.45. The second-order valence-electron chi connectivity index (χ2n) is 6.65. The number of hydrogen-bond acceptors (Lipinski definition) is 6. The molecule has 146 valence electrons. The number of likely N-dealkylation sites (tertiary alicyclic amines) is 1. The molecule has 0 bridgehead atoms. The van der Waals surface area contributed by atoms with Gasteiger partial charge < -0.3 is 19.5 Å². The molecule has 1 saturated heterocycles. The smallest absolute Gasteiger partial charge is 0.310 e. The van der Waals surface area contributed by atoms with Gasteiger partial charge in [-0.1, -0.05) is 6.92 Å². The molecular formula is C17H30N6O2S. The molecule has 0 aromatic carbocycles. The second kappa shape index (κ2) is 9.80. The first-order valence-electron chi connectivity index (χ1n) is 8.92. The minimum atomic E-state index is -0.148. The fourth-order valence-electron chi connectivity index (χ4n) is 3.02. The molecule has 1 aromatic heterocycles. The van der Waals surface area contributed by atoms with Gasteiger partial charge in [-0.15, -0.1) is 10.2 Å². The Bertz CT molecular complexity index is 633. The summed E-state index contributed by atoms with van der Waals surface area (Å²) < 4.78 is 6.89. The quantitative estimate of drug-likeness (QED) is 0.327. The zero-order valence-electron chi connectivity index (χ0n) is 16.4. The highest BCUT2D eigenvalue weighted by atomic mass is 32.2. The van der Waals surface area contributed by atoms with Crippen LogP contribution in [0, 0.1) is 18.8 Å². The van der Waals surface area contributed by atoms with Crippen LogP contribution < -0.4 is 5.32 Å². The lowest BCUT2D eigenvalue weighted by molar-refractivity contribution is -0.145. The lowest BCUT2D eigenvalue weighted by Gasteiger charge is -2.22. The van der Waals surface area contributed by atoms with E-state index in [-0.39, 0.29) is 17.8 Å². The monoisotopic (exact) mass is 382 g/mol. The number of carbonyl (C=O) groups excluding carboxylic acids is 1. The van der Waals surface area contributed by atoms with Gasteiger partial charge in [0, 0.05) is 26.7 Å². The zero-order valence-corrected chi connectivity index (χ0v) is 17.2. The van der Waals surface area contributed by atoms with Gasteiger partial charge in [0.05, 0.1) is 13.0 Å². The van der Waals surface area contributed by atoms with E-state index in [1.165, 1.54) is 7.11 Å². The highest BCUT2D eigenvalue weighted by Crippen LogP contribution is 2.24. The van der Waals surface area contributed by atoms with Gasteiger partial charge in [0.15, 0.2) is 11.8 Å². The van der Waals surface area contributed by atoms with Crippen molar-refractivity contribution < 1.29 is 9.53 Å². The van der Waals surface area contributed by atoms with Crippen LogP contribution in [0.3, 0.4) is 0 Å². The van der Waals surface area contributed by atoms with Crippen LogP contribution in [0.2, 0.25) is 0 Å². The summed E-state index contributed by atoms with van der Waals surface area (Å²) in [6.45, 7) is 6.72. The lowest BCUT2D eigenvalue weighted by Crippen LogP contribution is -2.41. The predicted molar refractivity (Wildman–Crippen MR) is 104 cm³/mol. The maximum Gasteiger partial charge on any atom is 0.310 e. The van der Waals surface area contributed by atoms with Crippen LogP contribution >= 0.6 is 11.8 Å². The molecule has 2 atom stereocenters. The molecule has 2 heterocycles. The Labute approximate surface area is 159 Å². The molecule has 8 nitrogen and oxygen atoms in total. The van der Waals surface area contributed by atoms with Crippen molar-refractivity contribution >= 4 is 23.7 Å². The van der Waals surface area contributed by atoms with Gasteiger partial charge in [-0.3, -0.25) is 4.79 Å². The first-order chi connectivity index (χ1) is 12.5. The molecule has 0 spiro atoms. The Hall–Kier alpha value is -1.77. The molecule has 0 aliphatic carbocycles. The number of guanidine groups is 1. The summed E-state index contributed by atoms with van der Waals surface area (Å²) in [6, 6.07) is 0. The van der Waals surface area contributed by atoms with Crippen LogP contribution in [0.25, 0.3) is 0 Å². The standard InChI is InChI=1S/C17H30N6O2S/c1-12-10-23(11-14(12)16(24)25-4)17(18-7-6-8-26-5)19-9-15-21-20-13(2)22(15)3/h12,14H,6-11H2,1-5H3,(H,18,19). The van der Waals surface area contributed by atoms with Crippen LogP contribution in [0.1, 0.15) is 25.0 Å². The van der Waals surface area contributed by atoms with Crippen LogP contribution in [0.15, 0.2) is 4.99 Å². The van der Waals surface area contributed by atoms with E-state index in [0.29, 0.717) is 13.1 Å². The van der Waals surface area contributed by atoms with Crippen LogP contribution in [0.5, 0.6) is 0 Å². The maximum atomic E-state index is 12.0. The van der Waals surface area contributed by atoms with Crippen molar-refractivity contribution in [2.75, 3.05) is 38.8 Å². The summed E-state index contributed by atoms with van der Waals surface area (Å²) >= 11 is 1.83. The number of methoxy groups -OCH3 is 1. The van der Waals surface area contributed by atoms with E-state index in [2.05, 4.69) is 33.6 Å². The molecule has 1 aliphatic rings. The Balaban J connectivity index is 2.09. The molecule has 1 aromatic rings. The molecule has 1 aliphatic heterocycles. The first kappa shape index (κ1) is 20.5. The van der Waals surface area contributed by atoms with Crippen molar-refractivity contribution in [3.05, 3.63) is 11.6 Å². The van der Waals surface area contributed by atoms with Gasteiger partial charge in [-0.05, 0) is 31.3 Å². The third kappa shape index (κ3) is 5.12. The van der Waals surface area contributed by atoms with E-state index < -0.39 is 0 Å². The fraction of sp³-hybridized carbons (Fsp3) is 0.765. The summed E-state index contributed by atoms with van der Waals surface area (Å²) in [6.07, 6.45) is 3.17. The molecule has 1 fully saturated rings. The number of nitrogens with one attached hydrogen (secondary N) is 1. The third-order valence-electron chi connectivity index (χ3n) is 4.78. The average Bonchev–Trinajstić information content (AvgIpc) is 3.17. The number of thioether (sulfide) groups is 1. The lowest BCUT2D eigenvalue weighted by atomic mass is 9.99. The van der Waals surface area contributed by atoms with Gasteiger partial charge >= 0.3 is 5.97 Å². The number of esters is 1. The highest BCUT2D eigenvalue weighted by Gasteiger charge is 2.36. The maximum absolute atomic E-state index is 12.0. The summed E-state index contributed by atoms with van der Waals surface area (Å²) in [5.74, 6) is 3.58. The van der Waals surface area contributed by atoms with E-state index >= 15 is 0 Å². The van der Waals surface area contributed by atoms with E-state index in [4.69, 9.17) is 9.73 Å². The Kier molecular flexibility index (Phi) is 7.74. The number of aliphatic imine (C=N–C) groups is 1. The molecule has 26 heavy (non-hydrogen) atoms. The Morgan fingerprint density at radius 2 is 2.19 bits per heavy atom. The molecule has 2 rings (SSSR count). The van der Waals surface area contributed by atoms with Crippen molar-refractivity contribution in [2.24, 2.45) is 23.9 Å². The van der Waals surface area contributed by atoms with E-state index in [1.54, 1.807) is 0 Å².